The van der Waals surface area contributed by atoms with Gasteiger partial charge in [-0.1, -0.05) is 55.8 Å². The molecule has 30 heavy (non-hydrogen) atoms. The molecule has 4 nitrogen and oxygen atoms in total. The van der Waals surface area contributed by atoms with E-state index in [2.05, 4.69) is 86.1 Å². The Morgan fingerprint density at radius 3 is 2.20 bits per heavy atom. The van der Waals surface area contributed by atoms with E-state index in [0.717, 1.165) is 30.4 Å². The lowest BCUT2D eigenvalue weighted by Gasteiger charge is -2.35. The fourth-order valence-electron chi connectivity index (χ4n) is 3.85. The zero-order valence-corrected chi connectivity index (χ0v) is 18.4. The van der Waals surface area contributed by atoms with Crippen molar-refractivity contribution in [1.29, 1.82) is 0 Å². The van der Waals surface area contributed by atoms with E-state index in [0.29, 0.717) is 6.61 Å². The Hall–Kier alpha value is -2.72. The van der Waals surface area contributed by atoms with Crippen LogP contribution in [0.5, 0.6) is 5.75 Å². The Labute approximate surface area is 180 Å². The molecule has 0 bridgehead atoms. The summed E-state index contributed by atoms with van der Waals surface area (Å²) in [6, 6.07) is 19.4. The molecule has 1 saturated heterocycles. The van der Waals surface area contributed by atoms with Crippen molar-refractivity contribution in [2.75, 3.05) is 13.1 Å². The van der Waals surface area contributed by atoms with Crippen LogP contribution >= 0.6 is 0 Å². The number of aromatic nitrogens is 2. The molecule has 4 heteroatoms. The van der Waals surface area contributed by atoms with Crippen LogP contribution in [0.15, 0.2) is 60.8 Å². The van der Waals surface area contributed by atoms with E-state index < -0.39 is 0 Å². The zero-order chi connectivity index (χ0) is 21.1. The van der Waals surface area contributed by atoms with Gasteiger partial charge in [-0.25, -0.2) is 9.97 Å². The number of benzene rings is 2. The highest BCUT2D eigenvalue weighted by atomic mass is 16.5. The third kappa shape index (κ3) is 4.39. The number of hydrogen-bond acceptors (Lipinski definition) is 4. The van der Waals surface area contributed by atoms with Gasteiger partial charge < -0.3 is 4.74 Å². The third-order valence-corrected chi connectivity index (χ3v) is 6.28. The molecular weight excluding hydrogens is 370 g/mol. The van der Waals surface area contributed by atoms with Gasteiger partial charge >= 0.3 is 0 Å². The van der Waals surface area contributed by atoms with Gasteiger partial charge in [-0.2, -0.15) is 0 Å². The van der Waals surface area contributed by atoms with E-state index in [1.807, 2.05) is 12.3 Å². The Morgan fingerprint density at radius 1 is 0.967 bits per heavy atom. The average Bonchev–Trinajstić information content (AvgIpc) is 2.72. The van der Waals surface area contributed by atoms with Gasteiger partial charge in [0, 0.05) is 24.7 Å². The monoisotopic (exact) mass is 401 g/mol. The summed E-state index contributed by atoms with van der Waals surface area (Å²) in [4.78, 5) is 11.6. The standard InChI is InChI=1S/C26H31N3O/c1-19-6-8-21(9-7-19)26(3,4)22-10-12-24(13-11-22)30-18-23-14-15-27-25(28-23)20(2)29-16-5-17-29/h6-15,20H,5,16-18H2,1-4H3. The second-order valence-corrected chi connectivity index (χ2v) is 8.78. The van der Waals surface area contributed by atoms with E-state index in [9.17, 15) is 0 Å². The topological polar surface area (TPSA) is 38.2 Å². The molecule has 1 atom stereocenters. The van der Waals surface area contributed by atoms with Gasteiger partial charge in [-0.05, 0) is 49.6 Å². The summed E-state index contributed by atoms with van der Waals surface area (Å²) in [6.07, 6.45) is 3.11. The van der Waals surface area contributed by atoms with E-state index >= 15 is 0 Å². The maximum absolute atomic E-state index is 6.01. The van der Waals surface area contributed by atoms with Crippen molar-refractivity contribution in [3.8, 4) is 5.75 Å². The number of hydrogen-bond donors (Lipinski definition) is 0. The first-order valence-electron chi connectivity index (χ1n) is 10.8. The van der Waals surface area contributed by atoms with Crippen molar-refractivity contribution in [1.82, 2.24) is 14.9 Å². The van der Waals surface area contributed by atoms with Crippen LogP contribution in [-0.2, 0) is 12.0 Å². The molecular formula is C26H31N3O. The summed E-state index contributed by atoms with van der Waals surface area (Å²) >= 11 is 0. The predicted octanol–water partition coefficient (Wildman–Crippen LogP) is 5.46. The molecule has 4 rings (SSSR count). The van der Waals surface area contributed by atoms with Crippen molar-refractivity contribution in [3.05, 3.63) is 89.0 Å². The molecule has 0 aliphatic carbocycles. The first-order chi connectivity index (χ1) is 14.4. The van der Waals surface area contributed by atoms with Crippen LogP contribution in [0.25, 0.3) is 0 Å². The minimum atomic E-state index is -0.0548. The predicted molar refractivity (Wildman–Crippen MR) is 121 cm³/mol. The molecule has 1 fully saturated rings. The maximum atomic E-state index is 6.01. The molecule has 0 spiro atoms. The van der Waals surface area contributed by atoms with Gasteiger partial charge in [-0.3, -0.25) is 4.90 Å². The fourth-order valence-corrected chi connectivity index (χ4v) is 3.85. The molecule has 0 amide bonds. The summed E-state index contributed by atoms with van der Waals surface area (Å²) in [5.41, 5.74) is 4.72. The van der Waals surface area contributed by atoms with Gasteiger partial charge in [0.25, 0.3) is 0 Å². The molecule has 0 saturated carbocycles. The van der Waals surface area contributed by atoms with Crippen LogP contribution in [-0.4, -0.2) is 28.0 Å². The molecule has 1 unspecified atom stereocenters. The molecule has 0 N–H and O–H groups in total. The van der Waals surface area contributed by atoms with Crippen LogP contribution < -0.4 is 4.74 Å². The van der Waals surface area contributed by atoms with Gasteiger partial charge in [0.2, 0.25) is 0 Å². The Bertz CT molecular complexity index is 976. The molecule has 156 valence electrons. The number of aryl methyl sites for hydroxylation is 1. The van der Waals surface area contributed by atoms with Gasteiger partial charge in [-0.15, -0.1) is 0 Å². The lowest BCUT2D eigenvalue weighted by atomic mass is 9.78. The summed E-state index contributed by atoms with van der Waals surface area (Å²) in [7, 11) is 0. The molecule has 1 aliphatic rings. The van der Waals surface area contributed by atoms with Crippen molar-refractivity contribution in [2.24, 2.45) is 0 Å². The highest BCUT2D eigenvalue weighted by molar-refractivity contribution is 5.40. The second-order valence-electron chi connectivity index (χ2n) is 8.78. The maximum Gasteiger partial charge on any atom is 0.145 e. The fraction of sp³-hybridized carbons (Fsp3) is 0.385. The van der Waals surface area contributed by atoms with Gasteiger partial charge in [0.15, 0.2) is 0 Å². The molecule has 2 heterocycles. The SMILES string of the molecule is Cc1ccc(C(C)(C)c2ccc(OCc3ccnc(C(C)N4CCC4)n3)cc2)cc1. The summed E-state index contributed by atoms with van der Waals surface area (Å²) in [5.74, 6) is 1.74. The van der Waals surface area contributed by atoms with Crippen LogP contribution in [0.3, 0.4) is 0 Å². The number of likely N-dealkylation sites (tertiary alicyclic amines) is 1. The lowest BCUT2D eigenvalue weighted by molar-refractivity contribution is 0.123. The van der Waals surface area contributed by atoms with Crippen LogP contribution in [0.2, 0.25) is 0 Å². The zero-order valence-electron chi connectivity index (χ0n) is 18.4. The minimum absolute atomic E-state index is 0.0548. The second kappa shape index (κ2) is 8.57. The lowest BCUT2D eigenvalue weighted by Crippen LogP contribution is -2.39. The van der Waals surface area contributed by atoms with Gasteiger partial charge in [0.1, 0.15) is 18.2 Å². The van der Waals surface area contributed by atoms with E-state index in [-0.39, 0.29) is 11.5 Å². The Morgan fingerprint density at radius 2 is 1.60 bits per heavy atom. The minimum Gasteiger partial charge on any atom is -0.487 e. The highest BCUT2D eigenvalue weighted by Gasteiger charge is 2.24. The van der Waals surface area contributed by atoms with E-state index in [1.54, 1.807) is 0 Å². The smallest absolute Gasteiger partial charge is 0.145 e. The molecule has 1 aromatic heterocycles. The molecule has 2 aromatic carbocycles. The van der Waals surface area contributed by atoms with Crippen LogP contribution in [0.4, 0.5) is 0 Å². The number of ether oxygens (including phenoxy) is 1. The van der Waals surface area contributed by atoms with Crippen molar-refractivity contribution in [3.63, 3.8) is 0 Å². The first-order valence-corrected chi connectivity index (χ1v) is 10.8. The Balaban J connectivity index is 1.41. The average molecular weight is 402 g/mol. The Kier molecular flexibility index (Phi) is 5.87. The van der Waals surface area contributed by atoms with E-state index in [1.165, 1.54) is 23.1 Å². The number of rotatable bonds is 7. The summed E-state index contributed by atoms with van der Waals surface area (Å²) in [5, 5.41) is 0. The van der Waals surface area contributed by atoms with Crippen molar-refractivity contribution < 1.29 is 4.74 Å². The molecule has 1 aliphatic heterocycles. The van der Waals surface area contributed by atoms with Crippen LogP contribution in [0.1, 0.15) is 61.4 Å². The van der Waals surface area contributed by atoms with E-state index in [4.69, 9.17) is 9.72 Å². The number of nitrogens with zero attached hydrogens (tertiary/aromatic N) is 3. The largest absolute Gasteiger partial charge is 0.487 e. The first kappa shape index (κ1) is 20.5. The summed E-state index contributed by atoms with van der Waals surface area (Å²) < 4.78 is 6.01. The van der Waals surface area contributed by atoms with Gasteiger partial charge in [0.05, 0.1) is 11.7 Å². The third-order valence-electron chi connectivity index (χ3n) is 6.28. The van der Waals surface area contributed by atoms with Crippen LogP contribution in [0, 0.1) is 6.92 Å². The molecule has 3 aromatic rings. The highest BCUT2D eigenvalue weighted by Crippen LogP contribution is 2.32. The molecule has 0 radical (unpaired) electrons. The quantitative estimate of drug-likeness (QED) is 0.527. The normalized spacial score (nSPS) is 15.5. The van der Waals surface area contributed by atoms with Crippen molar-refractivity contribution in [2.45, 2.75) is 52.2 Å². The van der Waals surface area contributed by atoms with Crippen molar-refractivity contribution >= 4 is 0 Å². The summed E-state index contributed by atoms with van der Waals surface area (Å²) in [6.45, 7) is 11.5.